The summed E-state index contributed by atoms with van der Waals surface area (Å²) in [6, 6.07) is 8.61. The molecule has 2 aliphatic heterocycles. The zero-order chi connectivity index (χ0) is 30.0. The normalized spacial score (nSPS) is 20.6. The van der Waals surface area contributed by atoms with E-state index in [2.05, 4.69) is 10.1 Å². The van der Waals surface area contributed by atoms with E-state index in [1.54, 1.807) is 21.3 Å². The first-order valence-electron chi connectivity index (χ1n) is 14.6. The first-order chi connectivity index (χ1) is 20.8. The first kappa shape index (κ1) is 27.4. The number of likely N-dealkylation sites (tertiary alicyclic amines) is 1. The first-order valence-corrected chi connectivity index (χ1v) is 14.6. The van der Waals surface area contributed by atoms with E-state index in [9.17, 15) is 24.7 Å². The van der Waals surface area contributed by atoms with Crippen LogP contribution in [0, 0.1) is 16.6 Å². The fraction of sp³-hybridized carbons (Fsp3) is 0.419. The van der Waals surface area contributed by atoms with Crippen LogP contribution >= 0.6 is 0 Å². The maximum atomic E-state index is 16.0. The number of para-hydroxylation sites is 1. The number of nitrogens with zero attached hydrogens (tertiary/aromatic N) is 5. The molecule has 4 aromatic rings. The Balaban J connectivity index is 1.22. The molecule has 4 heterocycles. The average molecular weight is 590 g/mol. The monoisotopic (exact) mass is 589 g/mol. The number of aromatic hydroxyl groups is 1. The highest BCUT2D eigenvalue weighted by Crippen LogP contribution is 2.46. The molecule has 1 aliphatic carbocycles. The number of ether oxygens (including phenoxy) is 1. The number of piperidine rings is 1. The number of aromatic carboxylic acids is 1. The molecule has 224 valence electrons. The fourth-order valence-electron chi connectivity index (χ4n) is 7.27. The van der Waals surface area contributed by atoms with Gasteiger partial charge in [0.1, 0.15) is 11.3 Å². The number of fused-ring (bicyclic) bond motifs is 3. The Morgan fingerprint density at radius 1 is 1.14 bits per heavy atom. The van der Waals surface area contributed by atoms with Crippen LogP contribution in [0.15, 0.2) is 46.5 Å². The van der Waals surface area contributed by atoms with Crippen molar-refractivity contribution in [1.82, 2.24) is 14.0 Å². The number of carbonyl (C=O) groups is 1. The number of nitroso groups, excluding NO2 is 1. The van der Waals surface area contributed by atoms with Crippen molar-refractivity contribution in [3.05, 3.63) is 63.0 Å². The molecule has 0 radical (unpaired) electrons. The smallest absolute Gasteiger partial charge is 0.341 e. The Morgan fingerprint density at radius 2 is 1.93 bits per heavy atom. The third kappa shape index (κ3) is 4.34. The zero-order valence-corrected chi connectivity index (χ0v) is 23.7. The second kappa shape index (κ2) is 10.4. The fourth-order valence-corrected chi connectivity index (χ4v) is 7.27. The van der Waals surface area contributed by atoms with Gasteiger partial charge in [0.15, 0.2) is 17.3 Å². The van der Waals surface area contributed by atoms with Crippen molar-refractivity contribution in [2.45, 2.75) is 44.3 Å². The molecule has 2 saturated heterocycles. The van der Waals surface area contributed by atoms with Gasteiger partial charge in [0.25, 0.3) is 0 Å². The Labute approximate surface area is 245 Å². The summed E-state index contributed by atoms with van der Waals surface area (Å²) in [6.45, 7) is 3.08. The molecule has 1 saturated carbocycles. The minimum absolute atomic E-state index is 0.00563. The molecule has 0 amide bonds. The van der Waals surface area contributed by atoms with Crippen molar-refractivity contribution in [3.63, 3.8) is 0 Å². The van der Waals surface area contributed by atoms with E-state index in [-0.39, 0.29) is 52.0 Å². The van der Waals surface area contributed by atoms with E-state index in [0.29, 0.717) is 37.1 Å². The zero-order valence-electron chi connectivity index (χ0n) is 23.7. The van der Waals surface area contributed by atoms with E-state index in [1.807, 2.05) is 17.0 Å². The third-order valence-corrected chi connectivity index (χ3v) is 9.40. The molecule has 12 heteroatoms. The van der Waals surface area contributed by atoms with Crippen molar-refractivity contribution < 1.29 is 24.1 Å². The van der Waals surface area contributed by atoms with Crippen LogP contribution in [0.25, 0.3) is 21.8 Å². The second-order valence-electron chi connectivity index (χ2n) is 11.8. The number of halogens is 1. The molecule has 0 spiro atoms. The van der Waals surface area contributed by atoms with Crippen molar-refractivity contribution in [2.24, 2.45) is 11.1 Å². The number of hydrogen-bond acceptors (Lipinski definition) is 8. The molecule has 7 rings (SSSR count). The summed E-state index contributed by atoms with van der Waals surface area (Å²) in [4.78, 5) is 40.7. The van der Waals surface area contributed by atoms with E-state index in [0.717, 1.165) is 37.7 Å². The molecule has 3 fully saturated rings. The summed E-state index contributed by atoms with van der Waals surface area (Å²) in [5.41, 5.74) is 0.395. The quantitative estimate of drug-likeness (QED) is 0.279. The number of aromatic nitrogens is 2. The van der Waals surface area contributed by atoms with E-state index < -0.39 is 17.2 Å². The van der Waals surface area contributed by atoms with Crippen LogP contribution in [0.3, 0.4) is 0 Å². The molecule has 2 atom stereocenters. The molecule has 0 bridgehead atoms. The van der Waals surface area contributed by atoms with Crippen LogP contribution in [0.2, 0.25) is 0 Å². The molecular formula is C31H32FN5O6. The SMILES string of the molecule is COc1c(N2C[C@@H]3CCCN(CCn4c(O)c(N=O)c5ccccc54)[C@@H]3C2)c(F)cc2c(=O)c(C(=O)O)cn(C3CC3)c12. The van der Waals surface area contributed by atoms with Crippen LogP contribution in [0.4, 0.5) is 15.8 Å². The largest absolute Gasteiger partial charge is 0.493 e. The maximum Gasteiger partial charge on any atom is 0.341 e. The summed E-state index contributed by atoms with van der Waals surface area (Å²) in [5.74, 6) is -1.58. The molecule has 0 unspecified atom stereocenters. The number of carboxylic acids is 1. The van der Waals surface area contributed by atoms with Gasteiger partial charge in [-0.3, -0.25) is 9.69 Å². The van der Waals surface area contributed by atoms with Crippen LogP contribution < -0.4 is 15.1 Å². The molecule has 11 nitrogen and oxygen atoms in total. The van der Waals surface area contributed by atoms with Crippen LogP contribution in [0.5, 0.6) is 11.6 Å². The summed E-state index contributed by atoms with van der Waals surface area (Å²) in [6.07, 6.45) is 5.01. The van der Waals surface area contributed by atoms with Crippen molar-refractivity contribution >= 4 is 39.1 Å². The van der Waals surface area contributed by atoms with Crippen molar-refractivity contribution in [3.8, 4) is 11.6 Å². The van der Waals surface area contributed by atoms with Gasteiger partial charge in [-0.15, -0.1) is 4.91 Å². The lowest BCUT2D eigenvalue weighted by atomic mass is 9.92. The lowest BCUT2D eigenvalue weighted by Crippen LogP contribution is -2.46. The molecule has 2 aromatic heterocycles. The van der Waals surface area contributed by atoms with E-state index in [1.165, 1.54) is 19.4 Å². The number of benzene rings is 2. The Kier molecular flexibility index (Phi) is 6.60. The molecule has 43 heavy (non-hydrogen) atoms. The Morgan fingerprint density at radius 3 is 2.65 bits per heavy atom. The number of carboxylic acid groups (broad SMARTS) is 1. The number of pyridine rings is 1. The number of methoxy groups -OCH3 is 1. The van der Waals surface area contributed by atoms with Gasteiger partial charge in [-0.1, -0.05) is 18.2 Å². The molecule has 2 aromatic carbocycles. The Hall–Kier alpha value is -4.45. The van der Waals surface area contributed by atoms with E-state index in [4.69, 9.17) is 4.74 Å². The van der Waals surface area contributed by atoms with Crippen LogP contribution in [-0.4, -0.2) is 69.5 Å². The lowest BCUT2D eigenvalue weighted by molar-refractivity contribution is 0.0694. The molecule has 2 N–H and O–H groups in total. The van der Waals surface area contributed by atoms with Gasteiger partial charge in [0.05, 0.1) is 23.5 Å². The van der Waals surface area contributed by atoms with Gasteiger partial charge in [-0.05, 0) is 55.5 Å². The minimum Gasteiger partial charge on any atom is -0.493 e. The van der Waals surface area contributed by atoms with Gasteiger partial charge >= 0.3 is 5.97 Å². The molecular weight excluding hydrogens is 557 g/mol. The van der Waals surface area contributed by atoms with Gasteiger partial charge in [-0.2, -0.15) is 0 Å². The topological polar surface area (TPSA) is 130 Å². The average Bonchev–Trinajstić information content (AvgIpc) is 3.69. The van der Waals surface area contributed by atoms with Crippen LogP contribution in [0.1, 0.15) is 42.1 Å². The lowest BCUT2D eigenvalue weighted by Gasteiger charge is -2.37. The highest BCUT2D eigenvalue weighted by atomic mass is 19.1. The summed E-state index contributed by atoms with van der Waals surface area (Å²) < 4.78 is 25.3. The van der Waals surface area contributed by atoms with Gasteiger partial charge < -0.3 is 29.0 Å². The summed E-state index contributed by atoms with van der Waals surface area (Å²) in [5, 5.41) is 24.1. The standard InChI is InChI=1S/C31H32FN5O6/c1-43-29-26-20(28(38)21(31(40)41)15-37(26)18-8-9-18)13-22(32)27(29)35-14-17-5-4-10-34(24(17)16-35)11-12-36-23-7-3-2-6-19(23)25(33-42)30(36)39/h2-3,6-7,13,15,17-18,24,39H,4-5,8-12,14,16H2,1H3,(H,40,41)/t17-,24+/m0/s1. The summed E-state index contributed by atoms with van der Waals surface area (Å²) >= 11 is 0. The predicted octanol–water partition coefficient (Wildman–Crippen LogP) is 4.84. The second-order valence-corrected chi connectivity index (χ2v) is 11.8. The minimum atomic E-state index is -1.34. The maximum absolute atomic E-state index is 16.0. The number of anilines is 1. The van der Waals surface area contributed by atoms with Crippen molar-refractivity contribution in [2.75, 3.05) is 38.2 Å². The summed E-state index contributed by atoms with van der Waals surface area (Å²) in [7, 11) is 1.45. The molecule has 3 aliphatic rings. The predicted molar refractivity (Wildman–Crippen MR) is 159 cm³/mol. The van der Waals surface area contributed by atoms with E-state index >= 15 is 4.39 Å². The highest BCUT2D eigenvalue weighted by Gasteiger charge is 2.41. The van der Waals surface area contributed by atoms with Crippen molar-refractivity contribution in [1.29, 1.82) is 0 Å². The third-order valence-electron chi connectivity index (χ3n) is 9.40. The number of rotatable bonds is 8. The van der Waals surface area contributed by atoms with Gasteiger partial charge in [-0.25, -0.2) is 9.18 Å². The van der Waals surface area contributed by atoms with Gasteiger partial charge in [0, 0.05) is 49.8 Å². The number of hydrogen-bond donors (Lipinski definition) is 2. The Bertz CT molecular complexity index is 1850. The van der Waals surface area contributed by atoms with Crippen LogP contribution in [-0.2, 0) is 6.54 Å². The van der Waals surface area contributed by atoms with Gasteiger partial charge in [0.2, 0.25) is 11.3 Å². The highest BCUT2D eigenvalue weighted by molar-refractivity contribution is 5.97.